The zero-order valence-corrected chi connectivity index (χ0v) is 11.2. The fraction of sp³-hybridized carbons (Fsp3) is 0.500. The normalized spacial score (nSPS) is 11.9. The molecule has 0 aromatic carbocycles. The highest BCUT2D eigenvalue weighted by Gasteiger charge is 2.13. The molecule has 0 aliphatic carbocycles. The van der Waals surface area contributed by atoms with Crippen LogP contribution in [0.2, 0.25) is 0 Å². The molecular formula is C14H20N2O2. The van der Waals surface area contributed by atoms with E-state index in [2.05, 4.69) is 31.1 Å². The third-order valence-corrected chi connectivity index (χ3v) is 2.69. The van der Waals surface area contributed by atoms with E-state index in [1.165, 1.54) is 6.39 Å². The second-order valence-corrected chi connectivity index (χ2v) is 5.41. The molecule has 98 valence electrons. The number of hydrogen-bond acceptors (Lipinski definition) is 4. The SMILES string of the molecule is CC(C)(C)NCc1ncoc1CCc1ccco1. The summed E-state index contributed by atoms with van der Waals surface area (Å²) in [5.74, 6) is 1.91. The van der Waals surface area contributed by atoms with Gasteiger partial charge in [0.05, 0.1) is 12.0 Å². The van der Waals surface area contributed by atoms with Gasteiger partial charge in [-0.3, -0.25) is 0 Å². The number of hydrogen-bond donors (Lipinski definition) is 1. The van der Waals surface area contributed by atoms with Crippen molar-refractivity contribution in [2.75, 3.05) is 0 Å². The zero-order valence-electron chi connectivity index (χ0n) is 11.2. The van der Waals surface area contributed by atoms with Crippen LogP contribution in [0.1, 0.15) is 38.0 Å². The lowest BCUT2D eigenvalue weighted by molar-refractivity contribution is 0.416. The van der Waals surface area contributed by atoms with Gasteiger partial charge in [-0.05, 0) is 32.9 Å². The summed E-state index contributed by atoms with van der Waals surface area (Å²) in [6.07, 6.45) is 4.86. The second-order valence-electron chi connectivity index (χ2n) is 5.41. The minimum Gasteiger partial charge on any atom is -0.469 e. The lowest BCUT2D eigenvalue weighted by Crippen LogP contribution is -2.35. The lowest BCUT2D eigenvalue weighted by Gasteiger charge is -2.19. The number of rotatable bonds is 5. The summed E-state index contributed by atoms with van der Waals surface area (Å²) in [6.45, 7) is 7.13. The van der Waals surface area contributed by atoms with E-state index in [1.807, 2.05) is 12.1 Å². The van der Waals surface area contributed by atoms with Crippen molar-refractivity contribution in [3.63, 3.8) is 0 Å². The molecule has 0 saturated heterocycles. The van der Waals surface area contributed by atoms with Gasteiger partial charge in [0.1, 0.15) is 11.5 Å². The summed E-state index contributed by atoms with van der Waals surface area (Å²) >= 11 is 0. The molecule has 2 heterocycles. The van der Waals surface area contributed by atoms with Gasteiger partial charge in [-0.15, -0.1) is 0 Å². The Labute approximate surface area is 107 Å². The Morgan fingerprint density at radius 2 is 2.06 bits per heavy atom. The van der Waals surface area contributed by atoms with Crippen LogP contribution in [-0.4, -0.2) is 10.5 Å². The maximum absolute atomic E-state index is 5.44. The summed E-state index contributed by atoms with van der Waals surface area (Å²) in [7, 11) is 0. The summed E-state index contributed by atoms with van der Waals surface area (Å²) < 4.78 is 10.7. The van der Waals surface area contributed by atoms with Crippen LogP contribution in [0.3, 0.4) is 0 Å². The van der Waals surface area contributed by atoms with E-state index in [0.29, 0.717) is 0 Å². The number of oxazole rings is 1. The standard InChI is InChI=1S/C14H20N2O2/c1-14(2,3)16-9-12-13(18-10-15-12)7-6-11-5-4-8-17-11/h4-5,8,10,16H,6-7,9H2,1-3H3. The number of nitrogens with one attached hydrogen (secondary N) is 1. The van der Waals surface area contributed by atoms with Crippen molar-refractivity contribution in [3.8, 4) is 0 Å². The molecule has 0 atom stereocenters. The molecular weight excluding hydrogens is 228 g/mol. The van der Waals surface area contributed by atoms with E-state index in [-0.39, 0.29) is 5.54 Å². The Balaban J connectivity index is 1.91. The van der Waals surface area contributed by atoms with Crippen molar-refractivity contribution >= 4 is 0 Å². The maximum Gasteiger partial charge on any atom is 0.181 e. The Morgan fingerprint density at radius 3 is 2.72 bits per heavy atom. The lowest BCUT2D eigenvalue weighted by atomic mass is 10.1. The van der Waals surface area contributed by atoms with Crippen molar-refractivity contribution in [3.05, 3.63) is 42.0 Å². The molecule has 18 heavy (non-hydrogen) atoms. The minimum absolute atomic E-state index is 0.0806. The van der Waals surface area contributed by atoms with Gasteiger partial charge in [0.15, 0.2) is 6.39 Å². The Kier molecular flexibility index (Phi) is 3.87. The number of aromatic nitrogens is 1. The first-order chi connectivity index (χ1) is 8.54. The summed E-state index contributed by atoms with van der Waals surface area (Å²) in [4.78, 5) is 4.26. The Bertz CT molecular complexity index is 466. The molecule has 0 unspecified atom stereocenters. The molecule has 0 saturated carbocycles. The van der Waals surface area contributed by atoms with Gasteiger partial charge < -0.3 is 14.2 Å². The van der Waals surface area contributed by atoms with E-state index in [1.54, 1.807) is 6.26 Å². The smallest absolute Gasteiger partial charge is 0.181 e. The number of furan rings is 1. The third-order valence-electron chi connectivity index (χ3n) is 2.69. The third kappa shape index (κ3) is 3.74. The van der Waals surface area contributed by atoms with E-state index < -0.39 is 0 Å². The topological polar surface area (TPSA) is 51.2 Å². The van der Waals surface area contributed by atoms with Crippen LogP contribution in [0, 0.1) is 0 Å². The van der Waals surface area contributed by atoms with Crippen LogP contribution < -0.4 is 5.32 Å². The van der Waals surface area contributed by atoms with Crippen LogP contribution in [-0.2, 0) is 19.4 Å². The largest absolute Gasteiger partial charge is 0.469 e. The molecule has 1 N–H and O–H groups in total. The summed E-state index contributed by atoms with van der Waals surface area (Å²) in [5.41, 5.74) is 1.06. The van der Waals surface area contributed by atoms with Gasteiger partial charge in [-0.25, -0.2) is 4.98 Å². The molecule has 0 aliphatic rings. The fourth-order valence-electron chi connectivity index (χ4n) is 1.68. The molecule has 0 amide bonds. The summed E-state index contributed by atoms with van der Waals surface area (Å²) in [5, 5.41) is 3.41. The zero-order chi connectivity index (χ0) is 13.0. The number of aryl methyl sites for hydroxylation is 2. The van der Waals surface area contributed by atoms with Gasteiger partial charge in [0, 0.05) is 24.9 Å². The monoisotopic (exact) mass is 248 g/mol. The van der Waals surface area contributed by atoms with Crippen LogP contribution in [0.4, 0.5) is 0 Å². The van der Waals surface area contributed by atoms with Gasteiger partial charge >= 0.3 is 0 Å². The van der Waals surface area contributed by atoms with Crippen LogP contribution in [0.25, 0.3) is 0 Å². The van der Waals surface area contributed by atoms with E-state index in [0.717, 1.165) is 36.6 Å². The van der Waals surface area contributed by atoms with Crippen molar-refractivity contribution in [1.29, 1.82) is 0 Å². The van der Waals surface area contributed by atoms with Crippen LogP contribution in [0.5, 0.6) is 0 Å². The van der Waals surface area contributed by atoms with Crippen molar-refractivity contribution < 1.29 is 8.83 Å². The van der Waals surface area contributed by atoms with Crippen LogP contribution in [0.15, 0.2) is 33.6 Å². The average molecular weight is 248 g/mol. The minimum atomic E-state index is 0.0806. The van der Waals surface area contributed by atoms with Crippen molar-refractivity contribution in [2.45, 2.75) is 45.7 Å². The highest BCUT2D eigenvalue weighted by atomic mass is 16.3. The molecule has 0 aliphatic heterocycles. The van der Waals surface area contributed by atoms with E-state index >= 15 is 0 Å². The quantitative estimate of drug-likeness (QED) is 0.883. The fourth-order valence-corrected chi connectivity index (χ4v) is 1.68. The molecule has 0 fully saturated rings. The van der Waals surface area contributed by atoms with Crippen LogP contribution >= 0.6 is 0 Å². The van der Waals surface area contributed by atoms with E-state index in [4.69, 9.17) is 8.83 Å². The first-order valence-corrected chi connectivity index (χ1v) is 6.23. The Hall–Kier alpha value is -1.55. The highest BCUT2D eigenvalue weighted by Crippen LogP contribution is 2.13. The van der Waals surface area contributed by atoms with Crippen molar-refractivity contribution in [2.24, 2.45) is 0 Å². The average Bonchev–Trinajstić information content (AvgIpc) is 2.94. The first-order valence-electron chi connectivity index (χ1n) is 6.23. The predicted octanol–water partition coefficient (Wildman–Crippen LogP) is 2.94. The Morgan fingerprint density at radius 1 is 1.22 bits per heavy atom. The maximum atomic E-state index is 5.44. The number of nitrogens with zero attached hydrogens (tertiary/aromatic N) is 1. The molecule has 2 aromatic rings. The predicted molar refractivity (Wildman–Crippen MR) is 69.2 cm³/mol. The van der Waals surface area contributed by atoms with Gasteiger partial charge in [0.25, 0.3) is 0 Å². The summed E-state index contributed by atoms with van der Waals surface area (Å²) in [6, 6.07) is 3.88. The molecule has 0 bridgehead atoms. The molecule has 2 aromatic heterocycles. The molecule has 2 rings (SSSR count). The first kappa shape index (κ1) is 12.9. The van der Waals surface area contributed by atoms with Gasteiger partial charge in [-0.1, -0.05) is 0 Å². The molecule has 4 heteroatoms. The van der Waals surface area contributed by atoms with Crippen molar-refractivity contribution in [1.82, 2.24) is 10.3 Å². The second kappa shape index (κ2) is 5.40. The molecule has 4 nitrogen and oxygen atoms in total. The molecule has 0 radical (unpaired) electrons. The highest BCUT2D eigenvalue weighted by molar-refractivity contribution is 5.10. The van der Waals surface area contributed by atoms with Gasteiger partial charge in [0.2, 0.25) is 0 Å². The van der Waals surface area contributed by atoms with E-state index in [9.17, 15) is 0 Å². The molecule has 0 spiro atoms. The van der Waals surface area contributed by atoms with Gasteiger partial charge in [-0.2, -0.15) is 0 Å².